The third-order valence-electron chi connectivity index (χ3n) is 1.80. The Bertz CT molecular complexity index is 310. The largest absolute Gasteiger partial charge is 0.508 e. The maximum absolute atomic E-state index is 9.57. The van der Waals surface area contributed by atoms with Gasteiger partial charge in [-0.15, -0.1) is 0 Å². The Morgan fingerprint density at radius 1 is 1.38 bits per heavy atom. The zero-order valence-electron chi connectivity index (χ0n) is 7.61. The van der Waals surface area contributed by atoms with Gasteiger partial charge in [-0.1, -0.05) is 0 Å². The predicted molar refractivity (Wildman–Crippen MR) is 48.9 cm³/mol. The second-order valence-corrected chi connectivity index (χ2v) is 2.87. The quantitative estimate of drug-likeness (QED) is 0.601. The zero-order valence-corrected chi connectivity index (χ0v) is 7.61. The minimum absolute atomic E-state index is 0.0182. The molecule has 4 N–H and O–H groups in total. The summed E-state index contributed by atoms with van der Waals surface area (Å²) in [5.41, 5.74) is 6.05. The van der Waals surface area contributed by atoms with Crippen LogP contribution in [0.4, 0.5) is 0 Å². The molecule has 0 amide bonds. The average molecular weight is 183 g/mol. The van der Waals surface area contributed by atoms with Crippen LogP contribution in [0, 0.1) is 0 Å². The number of aromatic hydroxyl groups is 2. The Labute approximate surface area is 76.6 Å². The fourth-order valence-electron chi connectivity index (χ4n) is 1.12. The van der Waals surface area contributed by atoms with Crippen LogP contribution in [0.3, 0.4) is 0 Å². The van der Waals surface area contributed by atoms with Gasteiger partial charge in [-0.25, -0.2) is 0 Å². The van der Waals surface area contributed by atoms with E-state index < -0.39 is 0 Å². The van der Waals surface area contributed by atoms with Crippen molar-refractivity contribution in [3.63, 3.8) is 0 Å². The van der Waals surface area contributed by atoms with Crippen LogP contribution >= 0.6 is 0 Å². The van der Waals surface area contributed by atoms with Crippen LogP contribution in [0.1, 0.15) is 18.5 Å². The van der Waals surface area contributed by atoms with Crippen molar-refractivity contribution in [1.29, 1.82) is 0 Å². The van der Waals surface area contributed by atoms with Crippen LogP contribution in [0.5, 0.6) is 17.2 Å². The van der Waals surface area contributed by atoms with E-state index in [4.69, 9.17) is 10.5 Å². The van der Waals surface area contributed by atoms with E-state index in [1.54, 1.807) is 6.92 Å². The molecule has 72 valence electrons. The molecular formula is C9H13NO3. The molecule has 4 heteroatoms. The van der Waals surface area contributed by atoms with Crippen molar-refractivity contribution in [3.8, 4) is 17.2 Å². The molecule has 0 spiro atoms. The summed E-state index contributed by atoms with van der Waals surface area (Å²) in [6.07, 6.45) is 0. The number of phenols is 2. The van der Waals surface area contributed by atoms with Gasteiger partial charge < -0.3 is 20.7 Å². The lowest BCUT2D eigenvalue weighted by Crippen LogP contribution is -2.05. The monoisotopic (exact) mass is 183 g/mol. The van der Waals surface area contributed by atoms with Crippen LogP contribution in [-0.2, 0) is 0 Å². The Hall–Kier alpha value is -1.42. The van der Waals surface area contributed by atoms with Crippen molar-refractivity contribution in [2.24, 2.45) is 5.73 Å². The summed E-state index contributed by atoms with van der Waals surface area (Å²) in [5, 5.41) is 18.8. The molecule has 0 heterocycles. The third kappa shape index (κ3) is 1.84. The standard InChI is InChI=1S/C9H13NO3/c1-5(10)7-3-6(11)4-8(13-2)9(7)12/h3-5,11-12H,10H2,1-2H3. The van der Waals surface area contributed by atoms with E-state index in [9.17, 15) is 10.2 Å². The lowest BCUT2D eigenvalue weighted by Gasteiger charge is -2.12. The van der Waals surface area contributed by atoms with Crippen molar-refractivity contribution in [3.05, 3.63) is 17.7 Å². The molecule has 0 aliphatic carbocycles. The van der Waals surface area contributed by atoms with Crippen LogP contribution in [0.25, 0.3) is 0 Å². The highest BCUT2D eigenvalue weighted by Crippen LogP contribution is 2.36. The van der Waals surface area contributed by atoms with Gasteiger partial charge in [-0.2, -0.15) is 0 Å². The minimum atomic E-state index is -0.346. The lowest BCUT2D eigenvalue weighted by atomic mass is 10.1. The van der Waals surface area contributed by atoms with E-state index >= 15 is 0 Å². The van der Waals surface area contributed by atoms with E-state index in [0.29, 0.717) is 5.56 Å². The van der Waals surface area contributed by atoms with Crippen molar-refractivity contribution >= 4 is 0 Å². The molecule has 0 saturated heterocycles. The topological polar surface area (TPSA) is 75.7 Å². The number of phenolic OH excluding ortho intramolecular Hbond substituents is 2. The number of hydrogen-bond acceptors (Lipinski definition) is 4. The summed E-state index contributed by atoms with van der Waals surface area (Å²) >= 11 is 0. The van der Waals surface area contributed by atoms with Gasteiger partial charge >= 0.3 is 0 Å². The van der Waals surface area contributed by atoms with E-state index in [1.807, 2.05) is 0 Å². The fraction of sp³-hybridized carbons (Fsp3) is 0.333. The summed E-state index contributed by atoms with van der Waals surface area (Å²) in [7, 11) is 1.42. The zero-order chi connectivity index (χ0) is 10.0. The first-order valence-electron chi connectivity index (χ1n) is 3.91. The molecule has 0 aromatic heterocycles. The maximum Gasteiger partial charge on any atom is 0.164 e. The molecule has 1 unspecified atom stereocenters. The van der Waals surface area contributed by atoms with Gasteiger partial charge in [0.2, 0.25) is 0 Å². The molecule has 0 bridgehead atoms. The first-order chi connectivity index (χ1) is 6.06. The van der Waals surface area contributed by atoms with Gasteiger partial charge in [0.05, 0.1) is 7.11 Å². The van der Waals surface area contributed by atoms with Gasteiger partial charge in [0.25, 0.3) is 0 Å². The molecule has 4 nitrogen and oxygen atoms in total. The van der Waals surface area contributed by atoms with E-state index in [1.165, 1.54) is 19.2 Å². The Kier molecular flexibility index (Phi) is 2.63. The number of ether oxygens (including phenoxy) is 1. The highest BCUT2D eigenvalue weighted by Gasteiger charge is 2.12. The van der Waals surface area contributed by atoms with Crippen molar-refractivity contribution in [1.82, 2.24) is 0 Å². The third-order valence-corrected chi connectivity index (χ3v) is 1.80. The van der Waals surface area contributed by atoms with Crippen LogP contribution < -0.4 is 10.5 Å². The molecule has 1 aromatic carbocycles. The number of methoxy groups -OCH3 is 1. The summed E-state index contributed by atoms with van der Waals surface area (Å²) in [6.45, 7) is 1.72. The first kappa shape index (κ1) is 9.67. The van der Waals surface area contributed by atoms with Crippen LogP contribution in [-0.4, -0.2) is 17.3 Å². The molecule has 1 rings (SSSR count). The first-order valence-corrected chi connectivity index (χ1v) is 3.91. The second kappa shape index (κ2) is 3.53. The van der Waals surface area contributed by atoms with E-state index in [0.717, 1.165) is 0 Å². The summed E-state index contributed by atoms with van der Waals surface area (Å²) in [4.78, 5) is 0. The minimum Gasteiger partial charge on any atom is -0.508 e. The molecule has 0 aliphatic heterocycles. The normalized spacial score (nSPS) is 12.5. The molecule has 0 aliphatic rings. The Morgan fingerprint density at radius 2 is 2.00 bits per heavy atom. The maximum atomic E-state index is 9.57. The molecule has 0 saturated carbocycles. The molecule has 1 aromatic rings. The second-order valence-electron chi connectivity index (χ2n) is 2.87. The number of hydrogen-bond donors (Lipinski definition) is 3. The van der Waals surface area contributed by atoms with Crippen molar-refractivity contribution in [2.75, 3.05) is 7.11 Å². The highest BCUT2D eigenvalue weighted by atomic mass is 16.5. The van der Waals surface area contributed by atoms with Crippen LogP contribution in [0.15, 0.2) is 12.1 Å². The van der Waals surface area contributed by atoms with Gasteiger partial charge in [0.1, 0.15) is 5.75 Å². The van der Waals surface area contributed by atoms with Gasteiger partial charge in [-0.3, -0.25) is 0 Å². The summed E-state index contributed by atoms with van der Waals surface area (Å²) in [5.74, 6) is 0.240. The summed E-state index contributed by atoms with van der Waals surface area (Å²) < 4.78 is 4.85. The summed E-state index contributed by atoms with van der Waals surface area (Å²) in [6, 6.07) is 2.41. The smallest absolute Gasteiger partial charge is 0.164 e. The Morgan fingerprint density at radius 3 is 2.46 bits per heavy atom. The predicted octanol–water partition coefficient (Wildman–Crippen LogP) is 1.13. The highest BCUT2D eigenvalue weighted by molar-refractivity contribution is 5.51. The van der Waals surface area contributed by atoms with Gasteiger partial charge in [0.15, 0.2) is 11.5 Å². The fourth-order valence-corrected chi connectivity index (χ4v) is 1.12. The van der Waals surface area contributed by atoms with Gasteiger partial charge in [-0.05, 0) is 13.0 Å². The molecule has 13 heavy (non-hydrogen) atoms. The SMILES string of the molecule is COc1cc(O)cc(C(C)N)c1O. The number of rotatable bonds is 2. The van der Waals surface area contributed by atoms with Gasteiger partial charge in [0, 0.05) is 17.7 Å². The average Bonchev–Trinajstić information content (AvgIpc) is 2.08. The van der Waals surface area contributed by atoms with E-state index in [2.05, 4.69) is 0 Å². The van der Waals surface area contributed by atoms with E-state index in [-0.39, 0.29) is 23.3 Å². The molecular weight excluding hydrogens is 170 g/mol. The number of benzene rings is 1. The van der Waals surface area contributed by atoms with Crippen LogP contribution in [0.2, 0.25) is 0 Å². The number of nitrogens with two attached hydrogens (primary N) is 1. The van der Waals surface area contributed by atoms with Crippen molar-refractivity contribution in [2.45, 2.75) is 13.0 Å². The van der Waals surface area contributed by atoms with Crippen molar-refractivity contribution < 1.29 is 14.9 Å². The Balaban J connectivity index is 3.27. The lowest BCUT2D eigenvalue weighted by molar-refractivity contribution is 0.364. The molecule has 1 atom stereocenters. The molecule has 0 fully saturated rings. The molecule has 0 radical (unpaired) electrons.